The van der Waals surface area contributed by atoms with Gasteiger partial charge < -0.3 is 20.7 Å². The maximum absolute atomic E-state index is 12.0. The minimum Gasteiger partial charge on any atom is -0.392 e. The maximum Gasteiger partial charge on any atom is 0.268 e. The van der Waals surface area contributed by atoms with Crippen LogP contribution in [0.1, 0.15) is 30.8 Å². The molecule has 4 N–H and O–H groups in total. The number of hydrogen-bond acceptors (Lipinski definition) is 3. The second-order valence-corrected chi connectivity index (χ2v) is 4.79. The van der Waals surface area contributed by atoms with Gasteiger partial charge in [-0.05, 0) is 19.4 Å². The third-order valence-electron chi connectivity index (χ3n) is 2.68. The first-order chi connectivity index (χ1) is 8.45. The summed E-state index contributed by atoms with van der Waals surface area (Å²) in [7, 11) is 0. The summed E-state index contributed by atoms with van der Waals surface area (Å²) in [6, 6.07) is 1.15. The highest BCUT2D eigenvalue weighted by Crippen LogP contribution is 2.14. The van der Waals surface area contributed by atoms with Crippen LogP contribution < -0.4 is 11.1 Å². The van der Waals surface area contributed by atoms with Crippen molar-refractivity contribution < 1.29 is 9.90 Å². The molecule has 0 saturated heterocycles. The minimum atomic E-state index is -0.656. The highest BCUT2D eigenvalue weighted by Gasteiger charge is 2.15. The molecule has 1 aromatic rings. The molecule has 0 aliphatic rings. The first kappa shape index (κ1) is 15.0. The lowest BCUT2D eigenvalue weighted by atomic mass is 10.2. The predicted octanol–water partition coefficient (Wildman–Crippen LogP) is 0.989. The second kappa shape index (κ2) is 6.78. The molecule has 0 aliphatic heterocycles. The monoisotopic (exact) mass is 273 g/mol. The van der Waals surface area contributed by atoms with Crippen LogP contribution in [0.5, 0.6) is 0 Å². The van der Waals surface area contributed by atoms with Crippen molar-refractivity contribution in [3.63, 3.8) is 0 Å². The summed E-state index contributed by atoms with van der Waals surface area (Å²) in [5.74, 6) is -0.230. The van der Waals surface area contributed by atoms with E-state index in [4.69, 9.17) is 17.3 Å². The van der Waals surface area contributed by atoms with Crippen LogP contribution >= 0.6 is 11.6 Å². The molecule has 0 fully saturated rings. The zero-order valence-corrected chi connectivity index (χ0v) is 11.4. The van der Waals surface area contributed by atoms with Crippen LogP contribution in [0.15, 0.2) is 12.3 Å². The number of nitrogens with zero attached hydrogens (tertiary/aromatic N) is 1. The van der Waals surface area contributed by atoms with Crippen LogP contribution in [-0.4, -0.2) is 34.3 Å². The molecular weight excluding hydrogens is 254 g/mol. The van der Waals surface area contributed by atoms with Gasteiger partial charge >= 0.3 is 0 Å². The molecule has 18 heavy (non-hydrogen) atoms. The van der Waals surface area contributed by atoms with Crippen molar-refractivity contribution in [1.29, 1.82) is 0 Å². The van der Waals surface area contributed by atoms with E-state index in [9.17, 15) is 9.90 Å². The molecule has 102 valence electrons. The van der Waals surface area contributed by atoms with Gasteiger partial charge in [0.15, 0.2) is 0 Å². The molecule has 0 spiro atoms. The summed E-state index contributed by atoms with van der Waals surface area (Å²) >= 11 is 5.89. The molecule has 5 nitrogen and oxygen atoms in total. The van der Waals surface area contributed by atoms with Crippen LogP contribution in [0.3, 0.4) is 0 Å². The van der Waals surface area contributed by atoms with Gasteiger partial charge in [-0.25, -0.2) is 0 Å². The van der Waals surface area contributed by atoms with E-state index >= 15 is 0 Å². The van der Waals surface area contributed by atoms with Gasteiger partial charge in [-0.3, -0.25) is 4.79 Å². The van der Waals surface area contributed by atoms with E-state index in [1.54, 1.807) is 19.2 Å². The van der Waals surface area contributed by atoms with Crippen molar-refractivity contribution in [2.75, 3.05) is 6.54 Å². The Labute approximate surface area is 112 Å². The lowest BCUT2D eigenvalue weighted by molar-refractivity contribution is 0.0928. The Morgan fingerprint density at radius 2 is 2.33 bits per heavy atom. The summed E-state index contributed by atoms with van der Waals surface area (Å²) in [5.41, 5.74) is 6.16. The minimum absolute atomic E-state index is 0.228. The molecule has 1 aromatic heterocycles. The Bertz CT molecular complexity index is 404. The van der Waals surface area contributed by atoms with Crippen molar-refractivity contribution >= 4 is 17.5 Å². The fourth-order valence-electron chi connectivity index (χ4n) is 1.56. The lowest BCUT2D eigenvalue weighted by Crippen LogP contribution is -2.44. The fourth-order valence-corrected chi connectivity index (χ4v) is 1.78. The normalized spacial score (nSPS) is 14.3. The summed E-state index contributed by atoms with van der Waals surface area (Å²) < 4.78 is 1.81. The topological polar surface area (TPSA) is 80.3 Å². The van der Waals surface area contributed by atoms with Gasteiger partial charge in [-0.2, -0.15) is 0 Å². The lowest BCUT2D eigenvalue weighted by Gasteiger charge is -2.15. The molecule has 6 heteroatoms. The van der Waals surface area contributed by atoms with Crippen LogP contribution in [0, 0.1) is 0 Å². The zero-order chi connectivity index (χ0) is 13.7. The molecule has 0 aliphatic carbocycles. The van der Waals surface area contributed by atoms with Crippen molar-refractivity contribution in [3.8, 4) is 0 Å². The summed E-state index contributed by atoms with van der Waals surface area (Å²) in [6.07, 6.45) is 1.99. The molecule has 0 saturated carbocycles. The fraction of sp³-hybridized carbons (Fsp3) is 0.583. The average Bonchev–Trinajstić information content (AvgIpc) is 2.67. The van der Waals surface area contributed by atoms with E-state index in [0.717, 1.165) is 13.0 Å². The zero-order valence-electron chi connectivity index (χ0n) is 10.7. The number of aliphatic hydroxyl groups excluding tert-OH is 1. The third kappa shape index (κ3) is 4.01. The molecule has 2 unspecified atom stereocenters. The Hall–Kier alpha value is -1.04. The number of nitrogens with one attached hydrogen (secondary N) is 1. The first-order valence-electron chi connectivity index (χ1n) is 6.03. The van der Waals surface area contributed by atoms with Gasteiger partial charge in [0, 0.05) is 25.3 Å². The van der Waals surface area contributed by atoms with Gasteiger partial charge in [0.05, 0.1) is 11.1 Å². The van der Waals surface area contributed by atoms with Crippen LogP contribution in [-0.2, 0) is 6.54 Å². The molecule has 1 rings (SSSR count). The van der Waals surface area contributed by atoms with Gasteiger partial charge in [0.25, 0.3) is 5.91 Å². The molecule has 0 bridgehead atoms. The highest BCUT2D eigenvalue weighted by molar-refractivity contribution is 6.31. The van der Waals surface area contributed by atoms with E-state index in [1.807, 2.05) is 11.5 Å². The summed E-state index contributed by atoms with van der Waals surface area (Å²) in [4.78, 5) is 12.0. The van der Waals surface area contributed by atoms with Gasteiger partial charge in [0.1, 0.15) is 5.69 Å². The summed E-state index contributed by atoms with van der Waals surface area (Å²) in [6.45, 7) is 4.58. The Balaban J connectivity index is 2.66. The second-order valence-electron chi connectivity index (χ2n) is 4.35. The molecule has 2 atom stereocenters. The van der Waals surface area contributed by atoms with Crippen molar-refractivity contribution in [1.82, 2.24) is 9.88 Å². The van der Waals surface area contributed by atoms with Crippen molar-refractivity contribution in [2.45, 2.75) is 39.0 Å². The van der Waals surface area contributed by atoms with E-state index in [2.05, 4.69) is 5.32 Å². The molecule has 0 aromatic carbocycles. The molecule has 1 amide bonds. The number of aryl methyl sites for hydroxylation is 1. The Morgan fingerprint density at radius 3 is 2.89 bits per heavy atom. The smallest absolute Gasteiger partial charge is 0.268 e. The van der Waals surface area contributed by atoms with Crippen molar-refractivity contribution in [3.05, 3.63) is 23.0 Å². The average molecular weight is 274 g/mol. The molecule has 1 heterocycles. The number of hydrogen-bond donors (Lipinski definition) is 3. The number of rotatable bonds is 6. The quantitative estimate of drug-likeness (QED) is 0.723. The van der Waals surface area contributed by atoms with Gasteiger partial charge in [-0.15, -0.1) is 0 Å². The maximum atomic E-state index is 12.0. The predicted molar refractivity (Wildman–Crippen MR) is 71.7 cm³/mol. The van der Waals surface area contributed by atoms with E-state index in [-0.39, 0.29) is 12.5 Å². The Kier molecular flexibility index (Phi) is 5.65. The summed E-state index contributed by atoms with van der Waals surface area (Å²) in [5, 5.41) is 12.5. The third-order valence-corrected chi connectivity index (χ3v) is 2.89. The van der Waals surface area contributed by atoms with E-state index < -0.39 is 12.1 Å². The van der Waals surface area contributed by atoms with Gasteiger partial charge in [0.2, 0.25) is 0 Å². The first-order valence-corrected chi connectivity index (χ1v) is 6.41. The molecular formula is C12H20ClN3O2. The number of aliphatic hydroxyl groups is 1. The number of aromatic nitrogens is 1. The standard InChI is InChI=1S/C12H20ClN3O2/c1-3-4-16-7-9(13)5-11(16)12(18)15-6-10(14)8(2)17/h5,7-8,10,17H,3-4,6,14H2,1-2H3,(H,15,18). The highest BCUT2D eigenvalue weighted by atomic mass is 35.5. The van der Waals surface area contributed by atoms with E-state index in [1.165, 1.54) is 0 Å². The molecule has 0 radical (unpaired) electrons. The van der Waals surface area contributed by atoms with Crippen LogP contribution in [0.25, 0.3) is 0 Å². The number of amides is 1. The van der Waals surface area contributed by atoms with Crippen molar-refractivity contribution in [2.24, 2.45) is 5.73 Å². The van der Waals surface area contributed by atoms with E-state index in [0.29, 0.717) is 10.7 Å². The SMILES string of the molecule is CCCn1cc(Cl)cc1C(=O)NCC(N)C(C)O. The number of halogens is 1. The number of carbonyl (C=O) groups is 1. The Morgan fingerprint density at radius 1 is 1.67 bits per heavy atom. The van der Waals surface area contributed by atoms with Crippen LogP contribution in [0.4, 0.5) is 0 Å². The largest absolute Gasteiger partial charge is 0.392 e. The van der Waals surface area contributed by atoms with Crippen LogP contribution in [0.2, 0.25) is 5.02 Å². The number of nitrogens with two attached hydrogens (primary N) is 1. The van der Waals surface area contributed by atoms with Gasteiger partial charge in [-0.1, -0.05) is 18.5 Å². The number of carbonyl (C=O) groups excluding carboxylic acids is 1.